The number of ether oxygens (including phenoxy) is 1. The highest BCUT2D eigenvalue weighted by atomic mass is 35.5. The van der Waals surface area contributed by atoms with Crippen LogP contribution in [0.15, 0.2) is 77.6 Å². The van der Waals surface area contributed by atoms with E-state index in [0.29, 0.717) is 27.6 Å². The van der Waals surface area contributed by atoms with Crippen molar-refractivity contribution < 1.29 is 14.4 Å². The lowest BCUT2D eigenvalue weighted by atomic mass is 9.95. The van der Waals surface area contributed by atoms with E-state index in [1.165, 1.54) is 0 Å². The van der Waals surface area contributed by atoms with E-state index >= 15 is 0 Å². The van der Waals surface area contributed by atoms with E-state index < -0.39 is 6.10 Å². The van der Waals surface area contributed by atoms with E-state index in [-0.39, 0.29) is 6.10 Å². The zero-order valence-corrected chi connectivity index (χ0v) is 17.4. The van der Waals surface area contributed by atoms with Crippen molar-refractivity contribution >= 4 is 11.6 Å². The minimum Gasteiger partial charge on any atom is -0.491 e. The van der Waals surface area contributed by atoms with Crippen molar-refractivity contribution in [1.29, 1.82) is 0 Å². The van der Waals surface area contributed by atoms with E-state index in [9.17, 15) is 5.11 Å². The van der Waals surface area contributed by atoms with Crippen LogP contribution in [0.4, 0.5) is 0 Å². The van der Waals surface area contributed by atoms with Crippen molar-refractivity contribution in [2.24, 2.45) is 0 Å². The highest BCUT2D eigenvalue weighted by molar-refractivity contribution is 6.30. The number of hydrogen-bond acceptors (Lipinski definition) is 5. The van der Waals surface area contributed by atoms with Crippen LogP contribution in [0.25, 0.3) is 22.6 Å². The van der Waals surface area contributed by atoms with E-state index in [1.54, 1.807) is 30.6 Å². The van der Waals surface area contributed by atoms with Gasteiger partial charge in [0.05, 0.1) is 11.7 Å². The summed E-state index contributed by atoms with van der Waals surface area (Å²) in [6.45, 7) is 3.95. The average Bonchev–Trinajstić information content (AvgIpc) is 3.19. The average molecular weight is 421 g/mol. The Labute approximate surface area is 179 Å². The Hall–Kier alpha value is -3.15. The molecule has 2 aromatic heterocycles. The fourth-order valence-electron chi connectivity index (χ4n) is 3.26. The number of pyridine rings is 1. The predicted molar refractivity (Wildman–Crippen MR) is 116 cm³/mol. The standard InChI is InChI=1S/C24H21ClN2O3/c1-15(2)29-20-10-8-16(9-11-20)22-21(23(28)18-6-4-12-26-14-18)24(30-27-22)17-5-3-7-19(25)13-17/h3-15,23,28H,1-2H3. The van der Waals surface area contributed by atoms with Gasteiger partial charge in [-0.1, -0.05) is 35.0 Å². The molecule has 4 rings (SSSR count). The minimum atomic E-state index is -0.972. The van der Waals surface area contributed by atoms with Crippen LogP contribution in [-0.2, 0) is 0 Å². The molecule has 1 N–H and O–H groups in total. The van der Waals surface area contributed by atoms with E-state index in [4.69, 9.17) is 20.9 Å². The van der Waals surface area contributed by atoms with Gasteiger partial charge in [-0.2, -0.15) is 0 Å². The molecule has 0 saturated heterocycles. The lowest BCUT2D eigenvalue weighted by Gasteiger charge is -2.13. The predicted octanol–water partition coefficient (Wildman–Crippen LogP) is 5.93. The first-order valence-corrected chi connectivity index (χ1v) is 10.0. The summed E-state index contributed by atoms with van der Waals surface area (Å²) >= 11 is 6.18. The van der Waals surface area contributed by atoms with Crippen LogP contribution in [0, 0.1) is 0 Å². The zero-order valence-electron chi connectivity index (χ0n) is 16.6. The Morgan fingerprint density at radius 1 is 1.00 bits per heavy atom. The number of halogens is 1. The molecule has 5 nitrogen and oxygen atoms in total. The fourth-order valence-corrected chi connectivity index (χ4v) is 3.46. The topological polar surface area (TPSA) is 68.4 Å². The van der Waals surface area contributed by atoms with E-state index in [1.807, 2.05) is 56.3 Å². The Balaban J connectivity index is 1.83. The summed E-state index contributed by atoms with van der Waals surface area (Å²) in [5.41, 5.74) is 3.30. The molecule has 0 bridgehead atoms. The summed E-state index contributed by atoms with van der Waals surface area (Å²) in [6.07, 6.45) is 2.40. The van der Waals surface area contributed by atoms with Gasteiger partial charge in [-0.15, -0.1) is 0 Å². The molecule has 0 fully saturated rings. The molecule has 2 aromatic carbocycles. The van der Waals surface area contributed by atoms with Gasteiger partial charge in [0.1, 0.15) is 17.5 Å². The van der Waals surface area contributed by atoms with E-state index in [2.05, 4.69) is 10.1 Å². The van der Waals surface area contributed by atoms with Crippen molar-refractivity contribution in [2.45, 2.75) is 26.1 Å². The summed E-state index contributed by atoms with van der Waals surface area (Å²) in [5.74, 6) is 1.23. The third kappa shape index (κ3) is 4.22. The Morgan fingerprint density at radius 2 is 1.80 bits per heavy atom. The van der Waals surface area contributed by atoms with Crippen LogP contribution in [-0.4, -0.2) is 21.4 Å². The van der Waals surface area contributed by atoms with Crippen molar-refractivity contribution in [3.63, 3.8) is 0 Å². The normalized spacial score (nSPS) is 12.2. The summed E-state index contributed by atoms with van der Waals surface area (Å²) in [6, 6.07) is 18.4. The summed E-state index contributed by atoms with van der Waals surface area (Å²) in [4.78, 5) is 4.13. The highest BCUT2D eigenvalue weighted by Crippen LogP contribution is 2.39. The van der Waals surface area contributed by atoms with Gasteiger partial charge >= 0.3 is 0 Å². The SMILES string of the molecule is CC(C)Oc1ccc(-c2noc(-c3cccc(Cl)c3)c2C(O)c2cccnc2)cc1. The maximum absolute atomic E-state index is 11.2. The number of hydrogen-bond donors (Lipinski definition) is 1. The van der Waals surface area contributed by atoms with Crippen LogP contribution in [0.3, 0.4) is 0 Å². The zero-order chi connectivity index (χ0) is 21.1. The quantitative estimate of drug-likeness (QED) is 0.419. The molecule has 0 aliphatic heterocycles. The number of aliphatic hydroxyl groups excluding tert-OH is 1. The second kappa shape index (κ2) is 8.69. The first-order chi connectivity index (χ1) is 14.5. The van der Waals surface area contributed by atoms with Crippen LogP contribution < -0.4 is 4.74 Å². The number of nitrogens with zero attached hydrogens (tertiary/aromatic N) is 2. The number of aliphatic hydroxyl groups is 1. The second-order valence-electron chi connectivity index (χ2n) is 7.16. The largest absolute Gasteiger partial charge is 0.491 e. The molecule has 1 unspecified atom stereocenters. The molecule has 0 aliphatic carbocycles. The molecule has 4 aromatic rings. The smallest absolute Gasteiger partial charge is 0.173 e. The first-order valence-electron chi connectivity index (χ1n) is 9.63. The molecule has 1 atom stereocenters. The maximum atomic E-state index is 11.2. The molecular weight excluding hydrogens is 400 g/mol. The van der Waals surface area contributed by atoms with Gasteiger partial charge in [0.15, 0.2) is 5.76 Å². The van der Waals surface area contributed by atoms with Gasteiger partial charge in [0, 0.05) is 34.1 Å². The number of rotatable bonds is 6. The van der Waals surface area contributed by atoms with Crippen LogP contribution >= 0.6 is 11.6 Å². The Morgan fingerprint density at radius 3 is 2.47 bits per heavy atom. The van der Waals surface area contributed by atoms with Gasteiger partial charge in [-0.3, -0.25) is 4.98 Å². The van der Waals surface area contributed by atoms with Crippen molar-refractivity contribution in [3.8, 4) is 28.3 Å². The van der Waals surface area contributed by atoms with Gasteiger partial charge < -0.3 is 14.4 Å². The summed E-state index contributed by atoms with van der Waals surface area (Å²) < 4.78 is 11.4. The molecule has 0 radical (unpaired) electrons. The lowest BCUT2D eigenvalue weighted by molar-refractivity contribution is 0.220. The first kappa shape index (κ1) is 20.1. The summed E-state index contributed by atoms with van der Waals surface area (Å²) in [7, 11) is 0. The molecule has 6 heteroatoms. The van der Waals surface area contributed by atoms with Crippen LogP contribution in [0.1, 0.15) is 31.1 Å². The Bertz CT molecular complexity index is 1120. The van der Waals surface area contributed by atoms with Crippen LogP contribution in [0.5, 0.6) is 5.75 Å². The highest BCUT2D eigenvalue weighted by Gasteiger charge is 2.26. The minimum absolute atomic E-state index is 0.0836. The molecule has 0 spiro atoms. The second-order valence-corrected chi connectivity index (χ2v) is 7.60. The van der Waals surface area contributed by atoms with Crippen molar-refractivity contribution in [2.75, 3.05) is 0 Å². The molecule has 30 heavy (non-hydrogen) atoms. The molecule has 152 valence electrons. The van der Waals surface area contributed by atoms with Gasteiger partial charge in [0.2, 0.25) is 0 Å². The van der Waals surface area contributed by atoms with E-state index in [0.717, 1.165) is 16.9 Å². The molecule has 0 aliphatic rings. The third-order valence-corrected chi connectivity index (χ3v) is 4.82. The maximum Gasteiger partial charge on any atom is 0.173 e. The Kier molecular flexibility index (Phi) is 5.84. The monoisotopic (exact) mass is 420 g/mol. The van der Waals surface area contributed by atoms with Gasteiger partial charge in [0.25, 0.3) is 0 Å². The number of aromatic nitrogens is 2. The van der Waals surface area contributed by atoms with Gasteiger partial charge in [-0.05, 0) is 56.3 Å². The van der Waals surface area contributed by atoms with Crippen LogP contribution in [0.2, 0.25) is 5.02 Å². The lowest BCUT2D eigenvalue weighted by Crippen LogP contribution is -2.05. The molecule has 0 saturated carbocycles. The van der Waals surface area contributed by atoms with Crippen molar-refractivity contribution in [3.05, 3.63) is 89.2 Å². The molecule has 2 heterocycles. The molecule has 0 amide bonds. The number of benzene rings is 2. The fraction of sp³-hybridized carbons (Fsp3) is 0.167. The third-order valence-electron chi connectivity index (χ3n) is 4.59. The van der Waals surface area contributed by atoms with Gasteiger partial charge in [-0.25, -0.2) is 0 Å². The van der Waals surface area contributed by atoms with Crippen molar-refractivity contribution in [1.82, 2.24) is 10.1 Å². The molecular formula is C24H21ClN2O3. The summed E-state index contributed by atoms with van der Waals surface area (Å²) in [5, 5.41) is 16.1.